The minimum atomic E-state index is -1.25. The SMILES string of the molecule is CC[C@@H]1NC(=O)[C@H](C(C)C)NC(=O)[C@@H](N)Cc2cn(nn2)CCCC[C@@H](C(=O)NCCOCCOCCOCCOCCOCCC(=O)CCCNC(=O)CCCC[C@@H]2SC[C@@H]3NC(=O)N[C@@H]32)NC(=O)[C@@H]2CCCN2C(=O)[C@H](Cc2ccc(O)cc2)NC(=O)[C@H](C(C)C)NC1=O. The van der Waals surface area contributed by atoms with Crippen LogP contribution in [0.1, 0.15) is 129 Å². The second kappa shape index (κ2) is 41.9. The Bertz CT molecular complexity index is 2820. The molecule has 1 aromatic carbocycles. The van der Waals surface area contributed by atoms with Crippen molar-refractivity contribution in [3.05, 3.63) is 41.7 Å². The van der Waals surface area contributed by atoms with Crippen molar-refractivity contribution in [1.29, 1.82) is 0 Å². The summed E-state index contributed by atoms with van der Waals surface area (Å²) in [5.41, 5.74) is 7.34. The lowest BCUT2D eigenvalue weighted by molar-refractivity contribution is -0.142. The van der Waals surface area contributed by atoms with Crippen LogP contribution in [0.4, 0.5) is 4.79 Å². The molecular formula is C65H104N14O16S. The van der Waals surface area contributed by atoms with Crippen molar-refractivity contribution in [2.24, 2.45) is 17.6 Å². The van der Waals surface area contributed by atoms with Gasteiger partial charge in [-0.2, -0.15) is 11.8 Å². The molecule has 6 rings (SSSR count). The van der Waals surface area contributed by atoms with E-state index < -0.39 is 95.5 Å². The Morgan fingerprint density at radius 2 is 1.29 bits per heavy atom. The van der Waals surface area contributed by atoms with E-state index in [1.165, 1.54) is 17.0 Å². The third-order valence-corrected chi connectivity index (χ3v) is 18.6. The number of unbranched alkanes of at least 4 members (excludes halogenated alkanes) is 1. The van der Waals surface area contributed by atoms with Gasteiger partial charge in [0, 0.05) is 75.5 Å². The summed E-state index contributed by atoms with van der Waals surface area (Å²) < 4.78 is 29.6. The van der Waals surface area contributed by atoms with Crippen molar-refractivity contribution in [1.82, 2.24) is 67.7 Å². The van der Waals surface area contributed by atoms with Crippen LogP contribution < -0.4 is 53.6 Å². The maximum absolute atomic E-state index is 14.8. The van der Waals surface area contributed by atoms with Crippen molar-refractivity contribution in [2.75, 3.05) is 91.5 Å². The number of phenolic OH excluding ortho intramolecular Hbond substituents is 1. The van der Waals surface area contributed by atoms with Crippen molar-refractivity contribution in [2.45, 2.75) is 197 Å². The fourth-order valence-corrected chi connectivity index (χ4v) is 13.1. The number of nitrogens with two attached hydrogens (primary N) is 1. The average Bonchev–Trinajstić information content (AvgIpc) is 1.64. The van der Waals surface area contributed by atoms with E-state index in [1.807, 2.05) is 11.8 Å². The molecule has 3 fully saturated rings. The van der Waals surface area contributed by atoms with Gasteiger partial charge in [0.05, 0.1) is 89.9 Å². The predicted octanol–water partition coefficient (Wildman–Crippen LogP) is 0.198. The number of fused-ring (bicyclic) bond motifs is 4. The second-order valence-corrected chi connectivity index (χ2v) is 26.6. The second-order valence-electron chi connectivity index (χ2n) is 25.4. The number of aromatic hydroxyl groups is 1. The zero-order valence-corrected chi connectivity index (χ0v) is 57.2. The molecule has 0 spiro atoms. The summed E-state index contributed by atoms with van der Waals surface area (Å²) in [5, 5.41) is 44.5. The Labute approximate surface area is 566 Å². The van der Waals surface area contributed by atoms with E-state index in [-0.39, 0.29) is 101 Å². The van der Waals surface area contributed by atoms with Crippen molar-refractivity contribution >= 4 is 70.8 Å². The van der Waals surface area contributed by atoms with Gasteiger partial charge in [-0.1, -0.05) is 58.4 Å². The number of thioether (sulfide) groups is 1. The molecule has 10 atom stereocenters. The number of carbonyl (C=O) groups excluding carboxylic acids is 10. The van der Waals surface area contributed by atoms with Gasteiger partial charge in [-0.05, 0) is 87.3 Å². The highest BCUT2D eigenvalue weighted by Crippen LogP contribution is 2.33. The summed E-state index contributed by atoms with van der Waals surface area (Å²) in [6.07, 6.45) is 7.95. The van der Waals surface area contributed by atoms with Gasteiger partial charge in [-0.15, -0.1) is 5.10 Å². The normalized spacial score (nSPS) is 24.2. The van der Waals surface area contributed by atoms with Crippen molar-refractivity contribution in [3.8, 4) is 5.75 Å². The fraction of sp³-hybridized carbons (Fsp3) is 0.723. The zero-order valence-electron chi connectivity index (χ0n) is 56.4. The number of phenols is 1. The van der Waals surface area contributed by atoms with Crippen LogP contribution in [-0.2, 0) is 86.2 Å². The van der Waals surface area contributed by atoms with E-state index in [2.05, 4.69) is 58.2 Å². The first-order valence-electron chi connectivity index (χ1n) is 34.1. The molecule has 2 aromatic rings. The van der Waals surface area contributed by atoms with Crippen LogP contribution in [0.25, 0.3) is 0 Å². The first-order valence-corrected chi connectivity index (χ1v) is 35.1. The molecule has 30 nitrogen and oxygen atoms in total. The molecule has 4 aliphatic heterocycles. The van der Waals surface area contributed by atoms with Gasteiger partial charge in [0.2, 0.25) is 47.3 Å². The lowest BCUT2D eigenvalue weighted by Gasteiger charge is -2.31. The maximum Gasteiger partial charge on any atom is 0.315 e. The largest absolute Gasteiger partial charge is 0.508 e. The minimum absolute atomic E-state index is 0.00152. The number of benzene rings is 1. The number of nitrogens with one attached hydrogen (secondary N) is 9. The molecule has 3 saturated heterocycles. The molecule has 5 heterocycles. The summed E-state index contributed by atoms with van der Waals surface area (Å²) in [4.78, 5) is 136. The first-order chi connectivity index (χ1) is 46.2. The highest BCUT2D eigenvalue weighted by Gasteiger charge is 2.43. The smallest absolute Gasteiger partial charge is 0.315 e. The number of carbonyl (C=O) groups is 10. The van der Waals surface area contributed by atoms with Gasteiger partial charge < -0.3 is 87.3 Å². The van der Waals surface area contributed by atoms with Gasteiger partial charge in [-0.25, -0.2) is 4.79 Å². The molecule has 0 saturated carbocycles. The van der Waals surface area contributed by atoms with E-state index >= 15 is 0 Å². The maximum atomic E-state index is 14.8. The summed E-state index contributed by atoms with van der Waals surface area (Å²) in [6, 6.07) is -1.39. The molecule has 0 aliphatic carbocycles. The Morgan fingerprint density at radius 1 is 0.656 bits per heavy atom. The van der Waals surface area contributed by atoms with Gasteiger partial charge in [0.1, 0.15) is 47.8 Å². The Morgan fingerprint density at radius 3 is 1.95 bits per heavy atom. The number of amides is 10. The molecule has 96 heavy (non-hydrogen) atoms. The van der Waals surface area contributed by atoms with Gasteiger partial charge in [0.15, 0.2) is 0 Å². The van der Waals surface area contributed by atoms with E-state index in [0.29, 0.717) is 121 Å². The van der Waals surface area contributed by atoms with E-state index in [1.54, 1.807) is 57.6 Å². The van der Waals surface area contributed by atoms with Crippen LogP contribution in [0.3, 0.4) is 0 Å². The van der Waals surface area contributed by atoms with Crippen LogP contribution in [-0.4, -0.2) is 235 Å². The van der Waals surface area contributed by atoms with Crippen LogP contribution in [0.5, 0.6) is 5.75 Å². The highest BCUT2D eigenvalue weighted by molar-refractivity contribution is 8.00. The summed E-state index contributed by atoms with van der Waals surface area (Å²) in [5.74, 6) is -4.18. The van der Waals surface area contributed by atoms with Gasteiger partial charge in [0.25, 0.3) is 0 Å². The summed E-state index contributed by atoms with van der Waals surface area (Å²) >= 11 is 1.87. The molecule has 536 valence electrons. The third-order valence-electron chi connectivity index (χ3n) is 17.1. The van der Waals surface area contributed by atoms with Crippen molar-refractivity contribution in [3.63, 3.8) is 0 Å². The average molecular weight is 1370 g/mol. The number of Topliss-reactive ketones (excluding diaryl/α,β-unsaturated/α-hetero) is 1. The number of urea groups is 1. The zero-order chi connectivity index (χ0) is 69.4. The Kier molecular flexibility index (Phi) is 34.1. The lowest BCUT2D eigenvalue weighted by atomic mass is 9.99. The number of hydrogen-bond acceptors (Lipinski definition) is 20. The first kappa shape index (κ1) is 78.0. The number of ketones is 1. The van der Waals surface area contributed by atoms with Gasteiger partial charge in [-0.3, -0.25) is 47.8 Å². The van der Waals surface area contributed by atoms with E-state index in [0.717, 1.165) is 25.0 Å². The monoisotopic (exact) mass is 1370 g/mol. The number of ether oxygens (including phenoxy) is 5. The Balaban J connectivity index is 0.902. The van der Waals surface area contributed by atoms with E-state index in [4.69, 9.17) is 29.4 Å². The molecule has 4 aliphatic rings. The molecule has 0 radical (unpaired) electrons. The number of hydrogen-bond donors (Lipinski definition) is 11. The molecule has 1 aromatic heterocycles. The molecular weight excluding hydrogens is 1260 g/mol. The third kappa shape index (κ3) is 26.8. The molecule has 31 heteroatoms. The van der Waals surface area contributed by atoms with Gasteiger partial charge >= 0.3 is 6.03 Å². The lowest BCUT2D eigenvalue weighted by Crippen LogP contribution is -2.61. The number of rotatable bonds is 33. The molecule has 0 unspecified atom stereocenters. The van der Waals surface area contributed by atoms with Crippen LogP contribution in [0.15, 0.2) is 30.5 Å². The highest BCUT2D eigenvalue weighted by atomic mass is 32.2. The number of aryl methyl sites for hydroxylation is 1. The quantitative estimate of drug-likeness (QED) is 0.0336. The number of aromatic nitrogens is 3. The predicted molar refractivity (Wildman–Crippen MR) is 355 cm³/mol. The van der Waals surface area contributed by atoms with Crippen LogP contribution in [0.2, 0.25) is 0 Å². The molecule has 10 amide bonds. The summed E-state index contributed by atoms with van der Waals surface area (Å²) in [7, 11) is 0. The van der Waals surface area contributed by atoms with E-state index in [9.17, 15) is 53.1 Å². The topological polar surface area (TPSA) is 405 Å². The number of nitrogens with zero attached hydrogens (tertiary/aromatic N) is 4. The minimum Gasteiger partial charge on any atom is -0.508 e. The standard InChI is InChI=1S/C65H104N14O16S/c1-6-48-60(85)74-56(42(4)5)63(88)71-50(37-43-18-20-46(81)21-19-43)64(89)79-26-12-15-52(79)61(86)70-49(14-9-10-25-78-39-44(76-77-78)38-47(66)58(83)73-55(41(2)3)62(87)69-48)59(84)68-24-28-92-30-32-94-34-36-95-35-33-93-31-29-91-27-22-45(80)13-11-23-67-54(82)17-8-7-16-53-57-51(40-96-53)72-65(90)75-57/h18-21,39,41-42,47-53,55-57,81H,6-17,22-38,40,66H2,1-5H3,(H,67,82)(H,68,84)(H,69,87)(H,70,86)(H,71,88)(H,73,83)(H,74,85)(H2,72,75,90)/t47-,48-,49-,50-,51-,52-,53-,55-,56-,57-/m0/s1. The Hall–Kier alpha value is -7.03. The summed E-state index contributed by atoms with van der Waals surface area (Å²) in [6.45, 7) is 12.7. The van der Waals surface area contributed by atoms with Crippen LogP contribution >= 0.6 is 11.8 Å². The van der Waals surface area contributed by atoms with Crippen molar-refractivity contribution < 1.29 is 76.7 Å². The van der Waals surface area contributed by atoms with Crippen LogP contribution in [0, 0.1) is 11.8 Å². The molecule has 12 N–H and O–H groups in total. The molecule has 2 bridgehead atoms. The fourth-order valence-electron chi connectivity index (χ4n) is 11.6.